The number of hydrogen-bond acceptors (Lipinski definition) is 3. The van der Waals surface area contributed by atoms with E-state index in [1.165, 1.54) is 5.56 Å². The summed E-state index contributed by atoms with van der Waals surface area (Å²) in [7, 11) is 3.92. The molecule has 1 atom stereocenters. The Balaban J connectivity index is 2.16. The van der Waals surface area contributed by atoms with Gasteiger partial charge in [0.1, 0.15) is 6.04 Å². The molecule has 19 heavy (non-hydrogen) atoms. The zero-order valence-corrected chi connectivity index (χ0v) is 12.2. The molecule has 0 aliphatic carbocycles. The molecule has 0 aromatic heterocycles. The third-order valence-corrected chi connectivity index (χ3v) is 3.73. The first kappa shape index (κ1) is 14.0. The molecule has 0 saturated carbocycles. The molecule has 1 aromatic rings. The van der Waals surface area contributed by atoms with Crippen LogP contribution >= 0.6 is 0 Å². The van der Waals surface area contributed by atoms with Crippen molar-refractivity contribution in [3.8, 4) is 0 Å². The molecule has 2 rings (SSSR count). The lowest BCUT2D eigenvalue weighted by Crippen LogP contribution is -2.56. The summed E-state index contributed by atoms with van der Waals surface area (Å²) in [5.74, 6) is 0.139. The van der Waals surface area contributed by atoms with Crippen LogP contribution in [-0.2, 0) is 4.79 Å². The Kier molecular flexibility index (Phi) is 4.22. The second kappa shape index (κ2) is 5.72. The molecule has 1 heterocycles. The summed E-state index contributed by atoms with van der Waals surface area (Å²) < 4.78 is 0. The van der Waals surface area contributed by atoms with Crippen LogP contribution in [-0.4, -0.2) is 50.6 Å². The standard InChI is InChI=1S/C15H23N3O/c1-11-5-6-12(2)14(9-11)18(4)15(19)13-10-17(3)8-7-16-13/h5-6,9,13,16H,7-8,10H2,1-4H3. The van der Waals surface area contributed by atoms with E-state index in [-0.39, 0.29) is 11.9 Å². The van der Waals surface area contributed by atoms with Crippen LogP contribution in [0.4, 0.5) is 5.69 Å². The maximum Gasteiger partial charge on any atom is 0.245 e. The molecule has 4 heteroatoms. The van der Waals surface area contributed by atoms with Gasteiger partial charge in [-0.05, 0) is 38.1 Å². The van der Waals surface area contributed by atoms with Gasteiger partial charge in [-0.3, -0.25) is 4.79 Å². The number of carbonyl (C=O) groups excluding carboxylic acids is 1. The van der Waals surface area contributed by atoms with E-state index in [1.54, 1.807) is 4.90 Å². The highest BCUT2D eigenvalue weighted by Gasteiger charge is 2.27. The summed E-state index contributed by atoms with van der Waals surface area (Å²) >= 11 is 0. The number of nitrogens with one attached hydrogen (secondary N) is 1. The topological polar surface area (TPSA) is 35.6 Å². The summed E-state index contributed by atoms with van der Waals surface area (Å²) in [5, 5.41) is 3.30. The molecular weight excluding hydrogens is 238 g/mol. The number of benzene rings is 1. The minimum Gasteiger partial charge on any atom is -0.314 e. The average Bonchev–Trinajstić information content (AvgIpc) is 2.40. The third-order valence-electron chi connectivity index (χ3n) is 3.73. The molecule has 1 aliphatic rings. The number of piperazine rings is 1. The maximum absolute atomic E-state index is 12.5. The van der Waals surface area contributed by atoms with Gasteiger partial charge in [0.05, 0.1) is 0 Å². The maximum atomic E-state index is 12.5. The number of likely N-dealkylation sites (N-methyl/N-ethyl adjacent to an activating group) is 2. The highest BCUT2D eigenvalue weighted by atomic mass is 16.2. The van der Waals surface area contributed by atoms with E-state index in [4.69, 9.17) is 0 Å². The van der Waals surface area contributed by atoms with Crippen molar-refractivity contribution in [3.05, 3.63) is 29.3 Å². The van der Waals surface area contributed by atoms with Gasteiger partial charge in [0.25, 0.3) is 0 Å². The van der Waals surface area contributed by atoms with Gasteiger partial charge in [-0.15, -0.1) is 0 Å². The third kappa shape index (κ3) is 3.14. The molecule has 0 radical (unpaired) electrons. The highest BCUT2D eigenvalue weighted by Crippen LogP contribution is 2.21. The van der Waals surface area contributed by atoms with E-state index in [2.05, 4.69) is 35.5 Å². The largest absolute Gasteiger partial charge is 0.314 e. The van der Waals surface area contributed by atoms with Gasteiger partial charge in [-0.2, -0.15) is 0 Å². The molecule has 1 unspecified atom stereocenters. The fourth-order valence-electron chi connectivity index (χ4n) is 2.50. The number of amides is 1. The lowest BCUT2D eigenvalue weighted by atomic mass is 10.1. The number of aryl methyl sites for hydroxylation is 2. The zero-order valence-electron chi connectivity index (χ0n) is 12.2. The first-order valence-corrected chi connectivity index (χ1v) is 6.76. The van der Waals surface area contributed by atoms with Gasteiger partial charge in [-0.1, -0.05) is 12.1 Å². The van der Waals surface area contributed by atoms with Crippen LogP contribution < -0.4 is 10.2 Å². The molecule has 1 aromatic carbocycles. The average molecular weight is 261 g/mol. The van der Waals surface area contributed by atoms with E-state index in [9.17, 15) is 4.79 Å². The Labute approximate surface area is 115 Å². The minimum atomic E-state index is -0.108. The SMILES string of the molecule is Cc1ccc(C)c(N(C)C(=O)C2CN(C)CCN2)c1. The highest BCUT2D eigenvalue weighted by molar-refractivity contribution is 5.97. The molecular formula is C15H23N3O. The van der Waals surface area contributed by atoms with Gasteiger partial charge < -0.3 is 15.1 Å². The number of anilines is 1. The second-order valence-electron chi connectivity index (χ2n) is 5.46. The second-order valence-corrected chi connectivity index (χ2v) is 5.46. The summed E-state index contributed by atoms with van der Waals surface area (Å²) in [6.45, 7) is 6.73. The summed E-state index contributed by atoms with van der Waals surface area (Å²) in [6.07, 6.45) is 0. The molecule has 1 N–H and O–H groups in total. The number of hydrogen-bond donors (Lipinski definition) is 1. The van der Waals surface area contributed by atoms with E-state index < -0.39 is 0 Å². The van der Waals surface area contributed by atoms with Crippen molar-refractivity contribution in [1.82, 2.24) is 10.2 Å². The first-order chi connectivity index (χ1) is 8.99. The van der Waals surface area contributed by atoms with E-state index in [1.807, 2.05) is 20.9 Å². The van der Waals surface area contributed by atoms with Crippen LogP contribution in [0.3, 0.4) is 0 Å². The lowest BCUT2D eigenvalue weighted by molar-refractivity contribution is -0.121. The Morgan fingerprint density at radius 1 is 1.42 bits per heavy atom. The van der Waals surface area contributed by atoms with Crippen molar-refractivity contribution >= 4 is 11.6 Å². The first-order valence-electron chi connectivity index (χ1n) is 6.76. The summed E-state index contributed by atoms with van der Waals surface area (Å²) in [4.78, 5) is 16.5. The quantitative estimate of drug-likeness (QED) is 0.868. The fourth-order valence-corrected chi connectivity index (χ4v) is 2.50. The minimum absolute atomic E-state index is 0.108. The smallest absolute Gasteiger partial charge is 0.245 e. The van der Waals surface area contributed by atoms with Crippen LogP contribution in [0, 0.1) is 13.8 Å². The molecule has 1 aliphatic heterocycles. The van der Waals surface area contributed by atoms with Crippen LogP contribution in [0.25, 0.3) is 0 Å². The predicted octanol–water partition coefficient (Wildman–Crippen LogP) is 1.17. The Morgan fingerprint density at radius 3 is 2.84 bits per heavy atom. The van der Waals surface area contributed by atoms with Crippen LogP contribution in [0.15, 0.2) is 18.2 Å². The summed E-state index contributed by atoms with van der Waals surface area (Å²) in [6, 6.07) is 6.10. The Hall–Kier alpha value is -1.39. The van der Waals surface area contributed by atoms with Crippen molar-refractivity contribution in [3.63, 3.8) is 0 Å². The van der Waals surface area contributed by atoms with E-state index >= 15 is 0 Å². The van der Waals surface area contributed by atoms with Crippen molar-refractivity contribution in [2.75, 3.05) is 38.6 Å². The fraction of sp³-hybridized carbons (Fsp3) is 0.533. The van der Waals surface area contributed by atoms with Gasteiger partial charge in [0, 0.05) is 32.4 Å². The molecule has 4 nitrogen and oxygen atoms in total. The van der Waals surface area contributed by atoms with Crippen LogP contribution in [0.5, 0.6) is 0 Å². The van der Waals surface area contributed by atoms with Gasteiger partial charge in [-0.25, -0.2) is 0 Å². The lowest BCUT2D eigenvalue weighted by Gasteiger charge is -2.33. The van der Waals surface area contributed by atoms with E-state index in [0.717, 1.165) is 30.9 Å². The van der Waals surface area contributed by atoms with Crippen molar-refractivity contribution in [2.24, 2.45) is 0 Å². The van der Waals surface area contributed by atoms with Gasteiger partial charge in [0.15, 0.2) is 0 Å². The monoisotopic (exact) mass is 261 g/mol. The van der Waals surface area contributed by atoms with Gasteiger partial charge in [0.2, 0.25) is 5.91 Å². The van der Waals surface area contributed by atoms with Crippen molar-refractivity contribution < 1.29 is 4.79 Å². The number of nitrogens with zero attached hydrogens (tertiary/aromatic N) is 2. The normalized spacial score (nSPS) is 20.3. The number of carbonyl (C=O) groups is 1. The molecule has 1 amide bonds. The van der Waals surface area contributed by atoms with Crippen LogP contribution in [0.1, 0.15) is 11.1 Å². The van der Waals surface area contributed by atoms with Crippen molar-refractivity contribution in [1.29, 1.82) is 0 Å². The Morgan fingerprint density at radius 2 is 2.16 bits per heavy atom. The molecule has 104 valence electrons. The Bertz CT molecular complexity index is 472. The molecule has 0 spiro atoms. The summed E-state index contributed by atoms with van der Waals surface area (Å²) in [5.41, 5.74) is 3.31. The zero-order chi connectivity index (χ0) is 14.0. The predicted molar refractivity (Wildman–Crippen MR) is 78.6 cm³/mol. The van der Waals surface area contributed by atoms with Crippen molar-refractivity contribution in [2.45, 2.75) is 19.9 Å². The molecule has 0 bridgehead atoms. The van der Waals surface area contributed by atoms with Gasteiger partial charge >= 0.3 is 0 Å². The van der Waals surface area contributed by atoms with E-state index in [0.29, 0.717) is 0 Å². The van der Waals surface area contributed by atoms with Crippen LogP contribution in [0.2, 0.25) is 0 Å². The molecule has 1 saturated heterocycles. The number of rotatable bonds is 2. The molecule has 1 fully saturated rings.